The van der Waals surface area contributed by atoms with Crippen LogP contribution in [0.1, 0.15) is 22.7 Å². The van der Waals surface area contributed by atoms with Gasteiger partial charge in [-0.3, -0.25) is 4.98 Å². The molecule has 0 amide bonds. The number of halogens is 2. The first-order chi connectivity index (χ1) is 13.1. The van der Waals surface area contributed by atoms with Gasteiger partial charge < -0.3 is 15.0 Å². The van der Waals surface area contributed by atoms with Crippen LogP contribution in [0, 0.1) is 0 Å². The van der Waals surface area contributed by atoms with Gasteiger partial charge in [-0.1, -0.05) is 17.7 Å². The molecule has 2 atom stereocenters. The normalized spacial score (nSPS) is 19.2. The van der Waals surface area contributed by atoms with E-state index in [2.05, 4.69) is 42.6 Å². The van der Waals surface area contributed by atoms with Gasteiger partial charge >= 0.3 is 0 Å². The predicted molar refractivity (Wildman–Crippen MR) is 118 cm³/mol. The molecule has 1 fully saturated rings. The molecule has 0 saturated carbocycles. The average Bonchev–Trinajstić information content (AvgIpc) is 3.25. The number of rotatable bonds is 4. The van der Waals surface area contributed by atoms with E-state index in [4.69, 9.17) is 28.6 Å². The zero-order valence-corrected chi connectivity index (χ0v) is 18.2. The van der Waals surface area contributed by atoms with Crippen LogP contribution in [0.25, 0.3) is 0 Å². The number of ether oxygens (including phenoxy) is 1. The third-order valence-corrected chi connectivity index (χ3v) is 6.76. The molecule has 4 rings (SSSR count). The summed E-state index contributed by atoms with van der Waals surface area (Å²) in [6.45, 7) is 0. The molecule has 8 heteroatoms. The second-order valence-electron chi connectivity index (χ2n) is 5.98. The standard InChI is InChI=1S/C19H15BrClN3OS2/c1-25-15-6-5-12(9-13(15)21)24-18(16-8-11(20)10-27-16)17(23-19(24)26)14-4-2-3-7-22-14/h2-10,17-18H,1H3,(H,23,26)/t17-,18-/m0/s1. The second kappa shape index (κ2) is 7.75. The molecule has 4 nitrogen and oxygen atoms in total. The van der Waals surface area contributed by atoms with Crippen LogP contribution in [0.3, 0.4) is 0 Å². The molecule has 0 spiro atoms. The Balaban J connectivity index is 1.81. The van der Waals surface area contributed by atoms with Gasteiger partial charge in [0.1, 0.15) is 5.75 Å². The number of nitrogens with zero attached hydrogens (tertiary/aromatic N) is 2. The fourth-order valence-corrected chi connectivity index (χ4v) is 5.38. The van der Waals surface area contributed by atoms with Gasteiger partial charge in [-0.15, -0.1) is 11.3 Å². The first-order valence-electron chi connectivity index (χ1n) is 8.16. The van der Waals surface area contributed by atoms with Crippen LogP contribution in [0.4, 0.5) is 5.69 Å². The quantitative estimate of drug-likeness (QED) is 0.482. The predicted octanol–water partition coefficient (Wildman–Crippen LogP) is 5.74. The molecule has 0 bridgehead atoms. The van der Waals surface area contributed by atoms with Crippen LogP contribution in [0.5, 0.6) is 5.75 Å². The maximum Gasteiger partial charge on any atom is 0.174 e. The Kier molecular flexibility index (Phi) is 5.36. The molecule has 1 aliphatic rings. The number of thiophene rings is 1. The fraction of sp³-hybridized carbons (Fsp3) is 0.158. The summed E-state index contributed by atoms with van der Waals surface area (Å²) in [6, 6.07) is 13.6. The zero-order valence-electron chi connectivity index (χ0n) is 14.2. The van der Waals surface area contributed by atoms with Gasteiger partial charge in [0.05, 0.1) is 29.9 Å². The van der Waals surface area contributed by atoms with E-state index in [0.29, 0.717) is 15.9 Å². The molecule has 0 unspecified atom stereocenters. The summed E-state index contributed by atoms with van der Waals surface area (Å²) < 4.78 is 6.33. The van der Waals surface area contributed by atoms with Gasteiger partial charge in [0.25, 0.3) is 0 Å². The highest BCUT2D eigenvalue weighted by Crippen LogP contribution is 2.45. The Morgan fingerprint density at radius 2 is 2.15 bits per heavy atom. The van der Waals surface area contributed by atoms with Crippen molar-refractivity contribution in [3.05, 3.63) is 74.1 Å². The van der Waals surface area contributed by atoms with Crippen molar-refractivity contribution < 1.29 is 4.74 Å². The van der Waals surface area contributed by atoms with E-state index in [0.717, 1.165) is 15.9 Å². The highest BCUT2D eigenvalue weighted by atomic mass is 79.9. The van der Waals surface area contributed by atoms with Crippen molar-refractivity contribution in [1.29, 1.82) is 0 Å². The Hall–Kier alpha value is -1.67. The van der Waals surface area contributed by atoms with E-state index in [1.165, 1.54) is 4.88 Å². The van der Waals surface area contributed by atoms with Crippen molar-refractivity contribution in [2.45, 2.75) is 12.1 Å². The minimum absolute atomic E-state index is 0.0341. The molecule has 3 aromatic rings. The van der Waals surface area contributed by atoms with Crippen molar-refractivity contribution in [3.8, 4) is 5.75 Å². The molecule has 1 aliphatic heterocycles. The van der Waals surface area contributed by atoms with Crippen LogP contribution in [0.15, 0.2) is 58.5 Å². The van der Waals surface area contributed by atoms with Crippen LogP contribution in [0.2, 0.25) is 5.02 Å². The number of anilines is 1. The lowest BCUT2D eigenvalue weighted by molar-refractivity contribution is 0.415. The third kappa shape index (κ3) is 3.57. The number of nitrogens with one attached hydrogen (secondary N) is 1. The fourth-order valence-electron chi connectivity index (χ4n) is 3.21. The Labute approximate surface area is 180 Å². The molecule has 1 aromatic carbocycles. The van der Waals surface area contributed by atoms with Gasteiger partial charge in [0.15, 0.2) is 5.11 Å². The summed E-state index contributed by atoms with van der Waals surface area (Å²) in [4.78, 5) is 7.82. The highest BCUT2D eigenvalue weighted by molar-refractivity contribution is 9.10. The molecule has 0 aliphatic carbocycles. The second-order valence-corrected chi connectivity index (χ2v) is 8.64. The van der Waals surface area contributed by atoms with Crippen molar-refractivity contribution in [2.24, 2.45) is 0 Å². The summed E-state index contributed by atoms with van der Waals surface area (Å²) in [5, 5.41) is 6.70. The minimum atomic E-state index is -0.0647. The zero-order chi connectivity index (χ0) is 19.0. The summed E-state index contributed by atoms with van der Waals surface area (Å²) in [6.07, 6.45) is 1.80. The molecular weight excluding hydrogens is 466 g/mol. The molecule has 1 saturated heterocycles. The largest absolute Gasteiger partial charge is 0.495 e. The van der Waals surface area contributed by atoms with Crippen molar-refractivity contribution in [1.82, 2.24) is 10.3 Å². The van der Waals surface area contributed by atoms with Crippen molar-refractivity contribution in [3.63, 3.8) is 0 Å². The van der Waals surface area contributed by atoms with Gasteiger partial charge in [-0.25, -0.2) is 0 Å². The van der Waals surface area contributed by atoms with Crippen LogP contribution in [-0.4, -0.2) is 17.2 Å². The maximum absolute atomic E-state index is 6.37. The van der Waals surface area contributed by atoms with Gasteiger partial charge in [0, 0.05) is 26.6 Å². The van der Waals surface area contributed by atoms with E-state index >= 15 is 0 Å². The van der Waals surface area contributed by atoms with E-state index in [-0.39, 0.29) is 12.1 Å². The molecule has 3 heterocycles. The number of benzene rings is 1. The van der Waals surface area contributed by atoms with E-state index in [1.54, 1.807) is 24.6 Å². The lowest BCUT2D eigenvalue weighted by atomic mass is 10.0. The lowest BCUT2D eigenvalue weighted by Gasteiger charge is -2.27. The lowest BCUT2D eigenvalue weighted by Crippen LogP contribution is -2.29. The summed E-state index contributed by atoms with van der Waals surface area (Å²) in [5.74, 6) is 0.634. The first kappa shape index (κ1) is 18.7. The highest BCUT2D eigenvalue weighted by Gasteiger charge is 2.41. The number of aromatic nitrogens is 1. The SMILES string of the molecule is COc1ccc(N2C(=S)N[C@@H](c3ccccn3)[C@@H]2c2cc(Br)cs2)cc1Cl. The van der Waals surface area contributed by atoms with Crippen LogP contribution < -0.4 is 15.0 Å². The van der Waals surface area contributed by atoms with Crippen LogP contribution in [-0.2, 0) is 0 Å². The van der Waals surface area contributed by atoms with E-state index in [9.17, 15) is 0 Å². The number of hydrogen-bond donors (Lipinski definition) is 1. The molecule has 0 radical (unpaired) electrons. The molecule has 1 N–H and O–H groups in total. The summed E-state index contributed by atoms with van der Waals surface area (Å²) >= 11 is 17.3. The topological polar surface area (TPSA) is 37.4 Å². The number of thiocarbonyl (C=S) groups is 1. The number of hydrogen-bond acceptors (Lipinski definition) is 4. The summed E-state index contributed by atoms with van der Waals surface area (Å²) in [5.41, 5.74) is 1.85. The molecular formula is C19H15BrClN3OS2. The monoisotopic (exact) mass is 479 g/mol. The van der Waals surface area contributed by atoms with Gasteiger partial charge in [0.2, 0.25) is 0 Å². The summed E-state index contributed by atoms with van der Waals surface area (Å²) in [7, 11) is 1.60. The Morgan fingerprint density at radius 1 is 1.30 bits per heavy atom. The smallest absolute Gasteiger partial charge is 0.174 e. The molecule has 2 aromatic heterocycles. The van der Waals surface area contributed by atoms with Crippen molar-refractivity contribution in [2.75, 3.05) is 12.0 Å². The molecule has 27 heavy (non-hydrogen) atoms. The van der Waals surface area contributed by atoms with Crippen LogP contribution >= 0.6 is 51.1 Å². The van der Waals surface area contributed by atoms with Gasteiger partial charge in [-0.05, 0) is 64.5 Å². The number of methoxy groups -OCH3 is 1. The van der Waals surface area contributed by atoms with E-state index in [1.807, 2.05) is 36.4 Å². The van der Waals surface area contributed by atoms with Gasteiger partial charge in [-0.2, -0.15) is 0 Å². The minimum Gasteiger partial charge on any atom is -0.495 e. The third-order valence-electron chi connectivity index (χ3n) is 4.39. The average molecular weight is 481 g/mol. The number of pyridine rings is 1. The Morgan fingerprint density at radius 3 is 2.78 bits per heavy atom. The first-order valence-corrected chi connectivity index (χ1v) is 10.6. The Bertz CT molecular complexity index is 982. The maximum atomic E-state index is 6.37. The van der Waals surface area contributed by atoms with E-state index < -0.39 is 0 Å². The van der Waals surface area contributed by atoms with Crippen molar-refractivity contribution >= 4 is 61.9 Å². The molecule has 138 valence electrons.